The third kappa shape index (κ3) is 3.67. The molecule has 0 saturated heterocycles. The topological polar surface area (TPSA) is 78.9 Å². The number of rotatable bonds is 5. The molecule has 0 spiro atoms. The lowest BCUT2D eigenvalue weighted by atomic mass is 10.1. The van der Waals surface area contributed by atoms with Gasteiger partial charge in [0.1, 0.15) is 11.7 Å². The maximum absolute atomic E-state index is 13.6. The molecule has 0 aliphatic carbocycles. The summed E-state index contributed by atoms with van der Waals surface area (Å²) in [5, 5.41) is 11.5. The molecule has 6 heteroatoms. The lowest BCUT2D eigenvalue weighted by Crippen LogP contribution is -2.39. The summed E-state index contributed by atoms with van der Waals surface area (Å²) in [6.45, 7) is 4.19. The molecule has 0 aliphatic heterocycles. The molecule has 1 amide bonds. The highest BCUT2D eigenvalue weighted by molar-refractivity contribution is 5.95. The van der Waals surface area contributed by atoms with Crippen LogP contribution in [0, 0.1) is 11.7 Å². The first-order valence-corrected chi connectivity index (χ1v) is 6.02. The third-order valence-electron chi connectivity index (χ3n) is 2.89. The highest BCUT2D eigenvalue weighted by atomic mass is 19.1. The van der Waals surface area contributed by atoms with Crippen LogP contribution in [0.2, 0.25) is 0 Å². The summed E-state index contributed by atoms with van der Waals surface area (Å²) < 4.78 is 13.6. The van der Waals surface area contributed by atoms with E-state index in [9.17, 15) is 9.18 Å². The monoisotopic (exact) mass is 267 g/mol. The molecule has 1 unspecified atom stereocenters. The van der Waals surface area contributed by atoms with Gasteiger partial charge in [-0.15, -0.1) is 0 Å². The molecule has 1 aromatic rings. The number of nitrogens with two attached hydrogens (primary N) is 1. The van der Waals surface area contributed by atoms with Crippen LogP contribution in [0.25, 0.3) is 0 Å². The number of halogens is 1. The second-order valence-electron chi connectivity index (χ2n) is 4.25. The van der Waals surface area contributed by atoms with Gasteiger partial charge < -0.3 is 15.8 Å². The first-order valence-electron chi connectivity index (χ1n) is 6.02. The van der Waals surface area contributed by atoms with Crippen molar-refractivity contribution < 1.29 is 14.4 Å². The summed E-state index contributed by atoms with van der Waals surface area (Å²) in [6, 6.07) is 5.82. The Morgan fingerprint density at radius 3 is 2.68 bits per heavy atom. The van der Waals surface area contributed by atoms with Crippen LogP contribution >= 0.6 is 0 Å². The zero-order valence-corrected chi connectivity index (χ0v) is 11.0. The first kappa shape index (κ1) is 14.9. The van der Waals surface area contributed by atoms with Crippen LogP contribution in [0.15, 0.2) is 29.4 Å². The fourth-order valence-corrected chi connectivity index (χ4v) is 1.68. The maximum Gasteiger partial charge on any atom is 0.256 e. The van der Waals surface area contributed by atoms with Crippen LogP contribution in [0.1, 0.15) is 24.2 Å². The van der Waals surface area contributed by atoms with Crippen LogP contribution in [-0.4, -0.2) is 34.9 Å². The Kier molecular flexibility index (Phi) is 5.29. The highest BCUT2D eigenvalue weighted by Gasteiger charge is 2.20. The van der Waals surface area contributed by atoms with Gasteiger partial charge in [0, 0.05) is 19.0 Å². The minimum Gasteiger partial charge on any atom is -0.409 e. The van der Waals surface area contributed by atoms with E-state index in [1.807, 2.05) is 0 Å². The van der Waals surface area contributed by atoms with E-state index < -0.39 is 11.7 Å². The second kappa shape index (κ2) is 6.72. The highest BCUT2D eigenvalue weighted by Crippen LogP contribution is 2.11. The lowest BCUT2D eigenvalue weighted by molar-refractivity contribution is 0.0749. The molecule has 5 nitrogen and oxygen atoms in total. The van der Waals surface area contributed by atoms with E-state index in [-0.39, 0.29) is 23.9 Å². The van der Waals surface area contributed by atoms with Gasteiger partial charge in [-0.25, -0.2) is 4.39 Å². The van der Waals surface area contributed by atoms with E-state index in [1.165, 1.54) is 23.1 Å². The summed E-state index contributed by atoms with van der Waals surface area (Å²) in [5.74, 6) is -1.22. The van der Waals surface area contributed by atoms with Gasteiger partial charge in [0.2, 0.25) is 0 Å². The quantitative estimate of drug-likeness (QED) is 0.368. The standard InChI is InChI=1S/C13H18FN3O2/c1-3-17(8-9(2)12(15)16-19)13(18)10-6-4-5-7-11(10)14/h4-7,9,19H,3,8H2,1-2H3,(H2,15,16). The fraction of sp³-hybridized carbons (Fsp3) is 0.385. The number of nitrogens with zero attached hydrogens (tertiary/aromatic N) is 2. The van der Waals surface area contributed by atoms with Gasteiger partial charge in [0.15, 0.2) is 0 Å². The summed E-state index contributed by atoms with van der Waals surface area (Å²) >= 11 is 0. The molecule has 1 rings (SSSR count). The van der Waals surface area contributed by atoms with Crippen molar-refractivity contribution in [3.05, 3.63) is 35.6 Å². The van der Waals surface area contributed by atoms with E-state index in [1.54, 1.807) is 19.9 Å². The lowest BCUT2D eigenvalue weighted by Gasteiger charge is -2.24. The number of amides is 1. The molecule has 104 valence electrons. The van der Waals surface area contributed by atoms with Crippen molar-refractivity contribution in [1.82, 2.24) is 4.90 Å². The van der Waals surface area contributed by atoms with Crippen molar-refractivity contribution in [2.75, 3.05) is 13.1 Å². The number of carbonyl (C=O) groups excluding carboxylic acids is 1. The van der Waals surface area contributed by atoms with Crippen LogP contribution in [-0.2, 0) is 0 Å². The van der Waals surface area contributed by atoms with Gasteiger partial charge in [0.25, 0.3) is 5.91 Å². The van der Waals surface area contributed by atoms with E-state index in [2.05, 4.69) is 5.16 Å². The Morgan fingerprint density at radius 1 is 1.53 bits per heavy atom. The van der Waals surface area contributed by atoms with Gasteiger partial charge in [0.05, 0.1) is 5.56 Å². The van der Waals surface area contributed by atoms with E-state index >= 15 is 0 Å². The van der Waals surface area contributed by atoms with Gasteiger partial charge >= 0.3 is 0 Å². The zero-order chi connectivity index (χ0) is 14.4. The van der Waals surface area contributed by atoms with Crippen molar-refractivity contribution in [2.24, 2.45) is 16.8 Å². The zero-order valence-electron chi connectivity index (χ0n) is 11.0. The third-order valence-corrected chi connectivity index (χ3v) is 2.89. The van der Waals surface area contributed by atoms with E-state index in [0.29, 0.717) is 6.54 Å². The molecule has 0 saturated carbocycles. The van der Waals surface area contributed by atoms with E-state index in [4.69, 9.17) is 10.9 Å². The van der Waals surface area contributed by atoms with Crippen molar-refractivity contribution in [3.63, 3.8) is 0 Å². The summed E-state index contributed by atoms with van der Waals surface area (Å²) in [7, 11) is 0. The van der Waals surface area contributed by atoms with Gasteiger partial charge in [-0.1, -0.05) is 24.2 Å². The summed E-state index contributed by atoms with van der Waals surface area (Å²) in [4.78, 5) is 13.6. The minimum absolute atomic E-state index is 0.0241. The van der Waals surface area contributed by atoms with Crippen LogP contribution < -0.4 is 5.73 Å². The normalized spacial score (nSPS) is 13.1. The molecule has 3 N–H and O–H groups in total. The molecule has 1 aromatic carbocycles. The van der Waals surface area contributed by atoms with Gasteiger partial charge in [-0.2, -0.15) is 0 Å². The van der Waals surface area contributed by atoms with Crippen molar-refractivity contribution in [2.45, 2.75) is 13.8 Å². The fourth-order valence-electron chi connectivity index (χ4n) is 1.68. The predicted octanol–water partition coefficient (Wildman–Crippen LogP) is 1.67. The van der Waals surface area contributed by atoms with Gasteiger partial charge in [-0.3, -0.25) is 4.79 Å². The minimum atomic E-state index is -0.553. The Morgan fingerprint density at radius 2 is 2.16 bits per heavy atom. The molecule has 0 heterocycles. The number of carbonyl (C=O) groups is 1. The smallest absolute Gasteiger partial charge is 0.256 e. The molecule has 1 atom stereocenters. The number of benzene rings is 1. The van der Waals surface area contributed by atoms with Crippen LogP contribution in [0.3, 0.4) is 0 Å². The Bertz CT molecular complexity index is 477. The number of oxime groups is 1. The van der Waals surface area contributed by atoms with Crippen LogP contribution in [0.5, 0.6) is 0 Å². The predicted molar refractivity (Wildman–Crippen MR) is 70.6 cm³/mol. The molecule has 0 aliphatic rings. The molecule has 0 aromatic heterocycles. The number of hydrogen-bond acceptors (Lipinski definition) is 3. The molecular weight excluding hydrogens is 249 g/mol. The largest absolute Gasteiger partial charge is 0.409 e. The molecule has 0 bridgehead atoms. The molecule has 0 fully saturated rings. The number of amidine groups is 1. The Balaban J connectivity index is 2.86. The van der Waals surface area contributed by atoms with Crippen molar-refractivity contribution in [1.29, 1.82) is 0 Å². The summed E-state index contributed by atoms with van der Waals surface area (Å²) in [5.41, 5.74) is 5.50. The van der Waals surface area contributed by atoms with Crippen molar-refractivity contribution >= 4 is 11.7 Å². The number of hydrogen-bond donors (Lipinski definition) is 2. The Hall–Kier alpha value is -2.11. The molecule has 0 radical (unpaired) electrons. The average Bonchev–Trinajstić information content (AvgIpc) is 2.43. The molecular formula is C13H18FN3O2. The SMILES string of the molecule is CCN(CC(C)C(N)=NO)C(=O)c1ccccc1F. The Labute approximate surface area is 111 Å². The average molecular weight is 267 g/mol. The van der Waals surface area contributed by atoms with Gasteiger partial charge in [-0.05, 0) is 19.1 Å². The second-order valence-corrected chi connectivity index (χ2v) is 4.25. The maximum atomic E-state index is 13.6. The first-order chi connectivity index (χ1) is 9.01. The summed E-state index contributed by atoms with van der Waals surface area (Å²) in [6.07, 6.45) is 0. The van der Waals surface area contributed by atoms with Crippen LogP contribution in [0.4, 0.5) is 4.39 Å². The molecule has 19 heavy (non-hydrogen) atoms. The van der Waals surface area contributed by atoms with E-state index in [0.717, 1.165) is 0 Å². The van der Waals surface area contributed by atoms with Crippen molar-refractivity contribution in [3.8, 4) is 0 Å².